The van der Waals surface area contributed by atoms with Crippen LogP contribution in [0.15, 0.2) is 36.4 Å². The van der Waals surface area contributed by atoms with E-state index in [4.69, 9.17) is 19.9 Å². The minimum absolute atomic E-state index is 0.272. The van der Waals surface area contributed by atoms with Gasteiger partial charge in [0.15, 0.2) is 11.5 Å². The molecule has 0 saturated heterocycles. The largest absolute Gasteiger partial charge is 0.493 e. The number of hydrogen-bond donors (Lipinski definition) is 1. The van der Waals surface area contributed by atoms with Crippen LogP contribution in [0.1, 0.15) is 21.5 Å². The number of methoxy groups -OCH3 is 1. The van der Waals surface area contributed by atoms with Crippen LogP contribution < -0.4 is 19.9 Å². The van der Waals surface area contributed by atoms with Crippen molar-refractivity contribution in [3.63, 3.8) is 0 Å². The van der Waals surface area contributed by atoms with Crippen molar-refractivity contribution < 1.29 is 19.0 Å². The van der Waals surface area contributed by atoms with Gasteiger partial charge in [-0.2, -0.15) is 0 Å². The fraction of sp³-hybridized carbons (Fsp3) is 0.278. The summed E-state index contributed by atoms with van der Waals surface area (Å²) in [5.74, 6) is 1.07. The maximum absolute atomic E-state index is 11.5. The molecule has 2 aromatic carbocycles. The summed E-state index contributed by atoms with van der Waals surface area (Å²) in [5, 5.41) is 0. The van der Waals surface area contributed by atoms with Crippen LogP contribution >= 0.6 is 0 Å². The van der Waals surface area contributed by atoms with E-state index >= 15 is 0 Å². The molecule has 0 aliphatic heterocycles. The quantitative estimate of drug-likeness (QED) is 0.798. The third kappa shape index (κ3) is 4.16. The maximum Gasteiger partial charge on any atom is 0.252 e. The average molecular weight is 315 g/mol. The molecule has 2 rings (SSSR count). The second kappa shape index (κ2) is 7.54. The molecule has 0 atom stereocenters. The van der Waals surface area contributed by atoms with Gasteiger partial charge in [-0.3, -0.25) is 4.79 Å². The molecule has 5 heteroatoms. The number of aryl methyl sites for hydroxylation is 2. The van der Waals surface area contributed by atoms with E-state index < -0.39 is 5.91 Å². The number of hydrogen-bond acceptors (Lipinski definition) is 4. The van der Waals surface area contributed by atoms with Crippen molar-refractivity contribution in [2.24, 2.45) is 5.73 Å². The smallest absolute Gasteiger partial charge is 0.252 e. The SMILES string of the molecule is COc1cccc(C(N)=O)c1OCCOc1cc(C)ccc1C. The number of carbonyl (C=O) groups is 1. The first-order valence-electron chi connectivity index (χ1n) is 7.32. The number of carbonyl (C=O) groups excluding carboxylic acids is 1. The molecule has 1 amide bonds. The highest BCUT2D eigenvalue weighted by Gasteiger charge is 2.14. The lowest BCUT2D eigenvalue weighted by molar-refractivity contribution is 0.0994. The van der Waals surface area contributed by atoms with Crippen LogP contribution in [0.4, 0.5) is 0 Å². The Kier molecular flexibility index (Phi) is 5.46. The number of rotatable bonds is 7. The van der Waals surface area contributed by atoms with Gasteiger partial charge in [-0.25, -0.2) is 0 Å². The first-order valence-corrected chi connectivity index (χ1v) is 7.32. The highest BCUT2D eigenvalue weighted by Crippen LogP contribution is 2.30. The van der Waals surface area contributed by atoms with Gasteiger partial charge < -0.3 is 19.9 Å². The van der Waals surface area contributed by atoms with Crippen LogP contribution in [0.3, 0.4) is 0 Å². The van der Waals surface area contributed by atoms with Crippen molar-refractivity contribution in [2.45, 2.75) is 13.8 Å². The van der Waals surface area contributed by atoms with Crippen LogP contribution in [0.5, 0.6) is 17.2 Å². The van der Waals surface area contributed by atoms with Gasteiger partial charge in [0.25, 0.3) is 5.91 Å². The van der Waals surface area contributed by atoms with Crippen molar-refractivity contribution in [1.29, 1.82) is 0 Å². The molecule has 23 heavy (non-hydrogen) atoms. The zero-order valence-electron chi connectivity index (χ0n) is 13.6. The van der Waals surface area contributed by atoms with Gasteiger partial charge in [-0.1, -0.05) is 18.2 Å². The van der Waals surface area contributed by atoms with Gasteiger partial charge in [-0.05, 0) is 43.2 Å². The molecule has 0 unspecified atom stereocenters. The zero-order valence-corrected chi connectivity index (χ0v) is 13.6. The molecule has 0 aliphatic rings. The van der Waals surface area contributed by atoms with Gasteiger partial charge >= 0.3 is 0 Å². The summed E-state index contributed by atoms with van der Waals surface area (Å²) in [6, 6.07) is 11.0. The van der Waals surface area contributed by atoms with E-state index in [1.807, 2.05) is 32.0 Å². The van der Waals surface area contributed by atoms with Crippen molar-refractivity contribution >= 4 is 5.91 Å². The van der Waals surface area contributed by atoms with Gasteiger partial charge in [0.2, 0.25) is 0 Å². The van der Waals surface area contributed by atoms with E-state index in [0.29, 0.717) is 18.1 Å². The molecule has 122 valence electrons. The summed E-state index contributed by atoms with van der Waals surface area (Å²) >= 11 is 0. The maximum atomic E-state index is 11.5. The fourth-order valence-electron chi connectivity index (χ4n) is 2.18. The van der Waals surface area contributed by atoms with Crippen molar-refractivity contribution in [3.05, 3.63) is 53.1 Å². The summed E-state index contributed by atoms with van der Waals surface area (Å²) in [5.41, 5.74) is 7.84. The number of para-hydroxylation sites is 1. The van der Waals surface area contributed by atoms with Gasteiger partial charge in [0, 0.05) is 0 Å². The molecule has 0 bridgehead atoms. The number of benzene rings is 2. The van der Waals surface area contributed by atoms with E-state index in [-0.39, 0.29) is 12.2 Å². The van der Waals surface area contributed by atoms with Crippen molar-refractivity contribution in [3.8, 4) is 17.2 Å². The van der Waals surface area contributed by atoms with Crippen molar-refractivity contribution in [1.82, 2.24) is 0 Å². The van der Waals surface area contributed by atoms with Gasteiger partial charge in [0.1, 0.15) is 19.0 Å². The molecule has 0 saturated carbocycles. The Hall–Kier alpha value is -2.69. The first kappa shape index (κ1) is 16.7. The van der Waals surface area contributed by atoms with Gasteiger partial charge in [-0.15, -0.1) is 0 Å². The topological polar surface area (TPSA) is 70.8 Å². The summed E-state index contributed by atoms with van der Waals surface area (Å²) in [6.07, 6.45) is 0. The summed E-state index contributed by atoms with van der Waals surface area (Å²) in [6.45, 7) is 4.62. The van der Waals surface area contributed by atoms with E-state index in [0.717, 1.165) is 16.9 Å². The standard InChI is InChI=1S/C18H21NO4/c1-12-7-8-13(2)16(11-12)22-9-10-23-17-14(18(19)20)5-4-6-15(17)21-3/h4-8,11H,9-10H2,1-3H3,(H2,19,20). The Morgan fingerprint density at radius 3 is 2.48 bits per heavy atom. The highest BCUT2D eigenvalue weighted by atomic mass is 16.5. The highest BCUT2D eigenvalue weighted by molar-refractivity contribution is 5.96. The zero-order chi connectivity index (χ0) is 16.8. The van der Waals surface area contributed by atoms with Crippen LogP contribution in [-0.2, 0) is 0 Å². The molecular weight excluding hydrogens is 294 g/mol. The van der Waals surface area contributed by atoms with E-state index in [1.54, 1.807) is 18.2 Å². The number of primary amides is 1. The molecule has 2 aromatic rings. The third-order valence-electron chi connectivity index (χ3n) is 3.40. The minimum Gasteiger partial charge on any atom is -0.493 e. The van der Waals surface area contributed by atoms with Crippen LogP contribution in [0.25, 0.3) is 0 Å². The lowest BCUT2D eigenvalue weighted by Crippen LogP contribution is -2.16. The molecule has 0 fully saturated rings. The van der Waals surface area contributed by atoms with E-state index in [2.05, 4.69) is 0 Å². The Morgan fingerprint density at radius 1 is 1.04 bits per heavy atom. The molecule has 0 radical (unpaired) electrons. The lowest BCUT2D eigenvalue weighted by Gasteiger charge is -2.14. The van der Waals surface area contributed by atoms with Crippen LogP contribution in [0.2, 0.25) is 0 Å². The Bertz CT molecular complexity index is 697. The molecular formula is C18H21NO4. The van der Waals surface area contributed by atoms with Crippen LogP contribution in [0, 0.1) is 13.8 Å². The molecule has 0 aliphatic carbocycles. The third-order valence-corrected chi connectivity index (χ3v) is 3.40. The lowest BCUT2D eigenvalue weighted by atomic mass is 10.1. The number of ether oxygens (including phenoxy) is 3. The Labute approximate surface area is 136 Å². The Balaban J connectivity index is 2.01. The second-order valence-corrected chi connectivity index (χ2v) is 5.17. The summed E-state index contributed by atoms with van der Waals surface area (Å²) in [7, 11) is 1.51. The average Bonchev–Trinajstić information content (AvgIpc) is 2.54. The van der Waals surface area contributed by atoms with E-state index in [9.17, 15) is 4.79 Å². The van der Waals surface area contributed by atoms with Gasteiger partial charge in [0.05, 0.1) is 12.7 Å². The molecule has 2 N–H and O–H groups in total. The second-order valence-electron chi connectivity index (χ2n) is 5.17. The molecule has 5 nitrogen and oxygen atoms in total. The molecule has 0 heterocycles. The first-order chi connectivity index (χ1) is 11.0. The summed E-state index contributed by atoms with van der Waals surface area (Å²) < 4.78 is 16.6. The minimum atomic E-state index is -0.561. The van der Waals surface area contributed by atoms with Crippen molar-refractivity contribution in [2.75, 3.05) is 20.3 Å². The fourth-order valence-corrected chi connectivity index (χ4v) is 2.18. The monoisotopic (exact) mass is 315 g/mol. The molecule has 0 aromatic heterocycles. The summed E-state index contributed by atoms with van der Waals surface area (Å²) in [4.78, 5) is 11.5. The molecule has 0 spiro atoms. The normalized spacial score (nSPS) is 10.2. The predicted molar refractivity (Wildman–Crippen MR) is 88.4 cm³/mol. The number of amides is 1. The Morgan fingerprint density at radius 2 is 1.78 bits per heavy atom. The predicted octanol–water partition coefficient (Wildman–Crippen LogP) is 2.87. The van der Waals surface area contributed by atoms with Crippen LogP contribution in [-0.4, -0.2) is 26.2 Å². The number of nitrogens with two attached hydrogens (primary N) is 1. The van der Waals surface area contributed by atoms with E-state index in [1.165, 1.54) is 7.11 Å².